The van der Waals surface area contributed by atoms with E-state index in [0.29, 0.717) is 43.2 Å². The summed E-state index contributed by atoms with van der Waals surface area (Å²) in [6, 6.07) is 4.52. The van der Waals surface area contributed by atoms with Crippen LogP contribution in [0.4, 0.5) is 4.79 Å². The largest absolute Gasteiger partial charge is 0.444 e. The Balaban J connectivity index is 1.76. The summed E-state index contributed by atoms with van der Waals surface area (Å²) in [7, 11) is -3.72. The van der Waals surface area contributed by atoms with Crippen LogP contribution < -0.4 is 4.18 Å². The lowest BCUT2D eigenvalue weighted by Gasteiger charge is -2.35. The van der Waals surface area contributed by atoms with Crippen molar-refractivity contribution in [2.45, 2.75) is 39.2 Å². The molecule has 1 aliphatic heterocycles. The van der Waals surface area contributed by atoms with Crippen molar-refractivity contribution in [2.24, 2.45) is 5.92 Å². The number of piperazine rings is 1. The van der Waals surface area contributed by atoms with Crippen LogP contribution in [0.1, 0.15) is 49.5 Å². The number of benzene rings is 1. The molecule has 1 heterocycles. The molecule has 0 radical (unpaired) electrons. The first-order chi connectivity index (χ1) is 14.4. The third kappa shape index (κ3) is 6.89. The molecule has 1 aromatic rings. The van der Waals surface area contributed by atoms with E-state index in [4.69, 9.17) is 8.92 Å². The van der Waals surface area contributed by atoms with Gasteiger partial charge in [0.25, 0.3) is 5.91 Å². The fraction of sp³-hybridized carbons (Fsp3) is 0.545. The number of ether oxygens (including phenoxy) is 1. The van der Waals surface area contributed by atoms with Gasteiger partial charge in [0.15, 0.2) is 0 Å². The average molecular weight is 449 g/mol. The van der Waals surface area contributed by atoms with Gasteiger partial charge in [0.05, 0.1) is 11.8 Å². The lowest BCUT2D eigenvalue weighted by Crippen LogP contribution is -2.51. The third-order valence-corrected chi connectivity index (χ3v) is 5.17. The summed E-state index contributed by atoms with van der Waals surface area (Å²) in [5.41, 5.74) is 0.242. The smallest absolute Gasteiger partial charge is 0.410 e. The first-order valence-electron chi connectivity index (χ1n) is 10.2. The van der Waals surface area contributed by atoms with Crippen molar-refractivity contribution in [3.63, 3.8) is 0 Å². The van der Waals surface area contributed by atoms with Crippen LogP contribution in [-0.4, -0.2) is 68.3 Å². The second-order valence-corrected chi connectivity index (χ2v) is 10.4. The number of hydrogen-bond donors (Lipinski definition) is 0. The van der Waals surface area contributed by atoms with Crippen molar-refractivity contribution in [1.82, 2.24) is 9.80 Å². The quantitative estimate of drug-likeness (QED) is 0.521. The van der Waals surface area contributed by atoms with Crippen molar-refractivity contribution in [1.29, 1.82) is 0 Å². The number of rotatable bonds is 3. The minimum atomic E-state index is -3.72. The van der Waals surface area contributed by atoms with Crippen LogP contribution in [0.3, 0.4) is 0 Å². The zero-order chi connectivity index (χ0) is 22.8. The molecule has 0 bridgehead atoms. The molecule has 1 saturated carbocycles. The molecule has 31 heavy (non-hydrogen) atoms. The van der Waals surface area contributed by atoms with Crippen LogP contribution >= 0.6 is 0 Å². The molecule has 2 fully saturated rings. The highest BCUT2D eigenvalue weighted by Gasteiger charge is 2.29. The second kappa shape index (κ2) is 8.79. The van der Waals surface area contributed by atoms with Gasteiger partial charge in [0, 0.05) is 37.7 Å². The van der Waals surface area contributed by atoms with Gasteiger partial charge < -0.3 is 18.7 Å². The molecule has 0 atom stereocenters. The van der Waals surface area contributed by atoms with Gasteiger partial charge in [0.2, 0.25) is 0 Å². The number of nitrogens with zero attached hydrogens (tertiary/aromatic N) is 2. The molecule has 0 N–H and O–H groups in total. The molecule has 3 rings (SSSR count). The third-order valence-electron chi connectivity index (χ3n) is 4.68. The van der Waals surface area contributed by atoms with Crippen molar-refractivity contribution in [2.75, 3.05) is 32.4 Å². The highest BCUT2D eigenvalue weighted by atomic mass is 32.2. The average Bonchev–Trinajstić information content (AvgIpc) is 3.48. The van der Waals surface area contributed by atoms with E-state index in [0.717, 1.165) is 19.1 Å². The Bertz CT molecular complexity index is 1020. The summed E-state index contributed by atoms with van der Waals surface area (Å²) >= 11 is 0. The van der Waals surface area contributed by atoms with Crippen LogP contribution in [0, 0.1) is 17.8 Å². The summed E-state index contributed by atoms with van der Waals surface area (Å²) in [4.78, 5) is 28.7. The molecular formula is C22H28N2O6S. The Morgan fingerprint density at radius 2 is 1.68 bits per heavy atom. The van der Waals surface area contributed by atoms with Gasteiger partial charge in [-0.2, -0.15) is 8.42 Å². The first-order valence-corrected chi connectivity index (χ1v) is 12.1. The summed E-state index contributed by atoms with van der Waals surface area (Å²) in [5, 5.41) is 0. The van der Waals surface area contributed by atoms with Crippen LogP contribution in [0.15, 0.2) is 18.2 Å². The normalized spacial score (nSPS) is 16.9. The van der Waals surface area contributed by atoms with Gasteiger partial charge in [-0.25, -0.2) is 4.79 Å². The Morgan fingerprint density at radius 1 is 1.06 bits per heavy atom. The van der Waals surface area contributed by atoms with Crippen molar-refractivity contribution in [3.8, 4) is 17.6 Å². The summed E-state index contributed by atoms with van der Waals surface area (Å²) in [6.45, 7) is 6.79. The molecule has 0 unspecified atom stereocenters. The maximum Gasteiger partial charge on any atom is 0.410 e. The molecule has 0 spiro atoms. The minimum absolute atomic E-state index is 0.0650. The Kier molecular flexibility index (Phi) is 6.51. The molecule has 9 heteroatoms. The highest BCUT2D eigenvalue weighted by Crippen LogP contribution is 2.28. The zero-order valence-corrected chi connectivity index (χ0v) is 19.1. The molecule has 2 aliphatic rings. The molecule has 168 valence electrons. The first kappa shape index (κ1) is 22.9. The summed E-state index contributed by atoms with van der Waals surface area (Å²) in [6.07, 6.45) is 2.65. The van der Waals surface area contributed by atoms with Gasteiger partial charge in [-0.3, -0.25) is 4.79 Å². The van der Waals surface area contributed by atoms with Gasteiger partial charge in [-0.15, -0.1) is 0 Å². The lowest BCUT2D eigenvalue weighted by molar-refractivity contribution is 0.0141. The maximum absolute atomic E-state index is 13.2. The molecule has 0 aromatic heterocycles. The predicted octanol–water partition coefficient (Wildman–Crippen LogP) is 2.48. The van der Waals surface area contributed by atoms with Gasteiger partial charge in [-0.1, -0.05) is 11.8 Å². The molecule has 2 amide bonds. The van der Waals surface area contributed by atoms with E-state index in [9.17, 15) is 18.0 Å². The monoisotopic (exact) mass is 448 g/mol. The summed E-state index contributed by atoms with van der Waals surface area (Å²) in [5.74, 6) is 6.33. The van der Waals surface area contributed by atoms with Crippen LogP contribution in [0.2, 0.25) is 0 Å². The van der Waals surface area contributed by atoms with Crippen LogP contribution in [0.5, 0.6) is 5.75 Å². The van der Waals surface area contributed by atoms with Crippen LogP contribution in [-0.2, 0) is 14.9 Å². The molecular weight excluding hydrogens is 420 g/mol. The summed E-state index contributed by atoms with van der Waals surface area (Å²) < 4.78 is 33.3. The van der Waals surface area contributed by atoms with Crippen molar-refractivity contribution >= 4 is 22.1 Å². The second-order valence-electron chi connectivity index (χ2n) is 8.80. The van der Waals surface area contributed by atoms with Crippen LogP contribution in [0.25, 0.3) is 0 Å². The van der Waals surface area contributed by atoms with Gasteiger partial charge >= 0.3 is 16.2 Å². The minimum Gasteiger partial charge on any atom is -0.444 e. The van der Waals surface area contributed by atoms with Gasteiger partial charge in [-0.05, 0) is 51.8 Å². The van der Waals surface area contributed by atoms with Gasteiger partial charge in [0.1, 0.15) is 11.4 Å². The number of hydrogen-bond acceptors (Lipinski definition) is 6. The Hall–Kier alpha value is -2.73. The highest BCUT2D eigenvalue weighted by molar-refractivity contribution is 7.86. The number of amides is 2. The van der Waals surface area contributed by atoms with E-state index in [1.54, 1.807) is 36.6 Å². The molecule has 1 aromatic carbocycles. The van der Waals surface area contributed by atoms with E-state index < -0.39 is 21.8 Å². The SMILES string of the molecule is CC(C)(C)OC(=O)N1CCN(C(=O)c2cc(OS(C)(=O)=O)ccc2C#CC2CC2)CC1. The zero-order valence-electron chi connectivity index (χ0n) is 18.3. The standard InChI is InChI=1S/C22H28N2O6S/c1-22(2,3)29-21(26)24-13-11-23(12-14-24)20(25)19-15-18(30-31(4,27)28)10-9-17(19)8-7-16-5-6-16/h9-10,15-16H,5-6,11-14H2,1-4H3. The fourth-order valence-electron chi connectivity index (χ4n) is 3.03. The van der Waals surface area contributed by atoms with Crippen molar-refractivity contribution in [3.05, 3.63) is 29.3 Å². The number of carbonyl (C=O) groups excluding carboxylic acids is 2. The Labute approximate surface area is 183 Å². The maximum atomic E-state index is 13.2. The molecule has 1 aliphatic carbocycles. The predicted molar refractivity (Wildman–Crippen MR) is 115 cm³/mol. The Morgan fingerprint density at radius 3 is 2.23 bits per heavy atom. The van der Waals surface area contributed by atoms with Crippen molar-refractivity contribution < 1.29 is 26.9 Å². The number of carbonyl (C=O) groups is 2. The van der Waals surface area contributed by atoms with E-state index in [2.05, 4.69) is 11.8 Å². The van der Waals surface area contributed by atoms with E-state index in [1.165, 1.54) is 12.1 Å². The molecule has 1 saturated heterocycles. The van der Waals surface area contributed by atoms with E-state index in [-0.39, 0.29) is 11.7 Å². The fourth-order valence-corrected chi connectivity index (χ4v) is 3.49. The topological polar surface area (TPSA) is 93.2 Å². The van der Waals surface area contributed by atoms with E-state index >= 15 is 0 Å². The lowest BCUT2D eigenvalue weighted by atomic mass is 10.1. The van der Waals surface area contributed by atoms with E-state index in [1.807, 2.05) is 0 Å². The molecule has 8 nitrogen and oxygen atoms in total.